The number of carbonyl (C=O) groups excluding carboxylic acids is 1. The van der Waals surface area contributed by atoms with Gasteiger partial charge < -0.3 is 14.4 Å². The number of aromatic nitrogens is 1. The number of nitrogens with zero attached hydrogens (tertiary/aromatic N) is 2. The van der Waals surface area contributed by atoms with Crippen LogP contribution < -0.4 is 0 Å². The summed E-state index contributed by atoms with van der Waals surface area (Å²) >= 11 is 0. The molecule has 1 aromatic heterocycles. The number of ether oxygens (including phenoxy) is 2. The van der Waals surface area contributed by atoms with E-state index in [-0.39, 0.29) is 12.0 Å². The summed E-state index contributed by atoms with van der Waals surface area (Å²) in [4.78, 5) is 19.3. The molecule has 0 bridgehead atoms. The van der Waals surface area contributed by atoms with Crippen LogP contribution in [0.2, 0.25) is 0 Å². The second-order valence-corrected chi connectivity index (χ2v) is 8.22. The average molecular weight is 366 g/mol. The van der Waals surface area contributed by atoms with Gasteiger partial charge in [-0.3, -0.25) is 9.78 Å². The maximum atomic E-state index is 13.0. The maximum Gasteiger partial charge on any atom is 0.253 e. The molecule has 0 spiro atoms. The van der Waals surface area contributed by atoms with Crippen molar-refractivity contribution in [1.82, 2.24) is 9.88 Å². The summed E-state index contributed by atoms with van der Waals surface area (Å²) < 4.78 is 11.8. The van der Waals surface area contributed by atoms with Gasteiger partial charge in [-0.05, 0) is 55.4 Å². The van der Waals surface area contributed by atoms with E-state index in [1.54, 1.807) is 6.20 Å². The van der Waals surface area contributed by atoms with Crippen LogP contribution >= 0.6 is 0 Å². The van der Waals surface area contributed by atoms with Gasteiger partial charge in [-0.2, -0.15) is 0 Å². The Balaban J connectivity index is 1.20. The molecule has 3 heterocycles. The van der Waals surface area contributed by atoms with Crippen LogP contribution in [0.1, 0.15) is 29.6 Å². The first kappa shape index (κ1) is 17.1. The third-order valence-corrected chi connectivity index (χ3v) is 6.26. The van der Waals surface area contributed by atoms with Gasteiger partial charge in [-0.1, -0.05) is 6.07 Å². The van der Waals surface area contributed by atoms with Gasteiger partial charge in [0.1, 0.15) is 0 Å². The Hall–Kier alpha value is -1.98. The van der Waals surface area contributed by atoms with Crippen LogP contribution in [-0.2, 0) is 9.47 Å². The number of likely N-dealkylation sites (tertiary alicyclic amines) is 1. The number of pyridine rings is 1. The van der Waals surface area contributed by atoms with Crippen LogP contribution in [0.5, 0.6) is 0 Å². The van der Waals surface area contributed by atoms with Crippen molar-refractivity contribution in [1.29, 1.82) is 0 Å². The third kappa shape index (κ3) is 3.58. The highest BCUT2D eigenvalue weighted by atomic mass is 16.5. The minimum Gasteiger partial charge on any atom is -0.381 e. The normalized spacial score (nSPS) is 27.3. The molecule has 1 aliphatic carbocycles. The number of benzene rings is 1. The first-order valence-corrected chi connectivity index (χ1v) is 10.1. The van der Waals surface area contributed by atoms with Gasteiger partial charge >= 0.3 is 0 Å². The van der Waals surface area contributed by atoms with Crippen molar-refractivity contribution in [3.05, 3.63) is 42.1 Å². The molecule has 3 fully saturated rings. The molecule has 0 unspecified atom stereocenters. The summed E-state index contributed by atoms with van der Waals surface area (Å²) in [6.45, 7) is 4.05. The van der Waals surface area contributed by atoms with Crippen LogP contribution in [0.3, 0.4) is 0 Å². The molecular formula is C22H26N2O3. The van der Waals surface area contributed by atoms with Gasteiger partial charge in [0.2, 0.25) is 0 Å². The van der Waals surface area contributed by atoms with Crippen molar-refractivity contribution in [3.63, 3.8) is 0 Å². The van der Waals surface area contributed by atoms with Crippen LogP contribution in [0, 0.1) is 17.8 Å². The van der Waals surface area contributed by atoms with Crippen molar-refractivity contribution in [2.45, 2.75) is 25.4 Å². The maximum absolute atomic E-state index is 13.0. The van der Waals surface area contributed by atoms with E-state index in [0.717, 1.165) is 55.2 Å². The Kier molecular flexibility index (Phi) is 4.58. The fourth-order valence-corrected chi connectivity index (χ4v) is 4.42. The van der Waals surface area contributed by atoms with Crippen molar-refractivity contribution < 1.29 is 14.3 Å². The molecule has 5 nitrogen and oxygen atoms in total. The average Bonchev–Trinajstić information content (AvgIpc) is 3.31. The second-order valence-electron chi connectivity index (χ2n) is 8.22. The molecule has 2 aliphatic heterocycles. The van der Waals surface area contributed by atoms with E-state index in [9.17, 15) is 4.79 Å². The first-order chi connectivity index (χ1) is 13.3. The summed E-state index contributed by atoms with van der Waals surface area (Å²) in [6.07, 6.45) is 5.66. The first-order valence-electron chi connectivity index (χ1n) is 10.1. The molecule has 5 rings (SSSR count). The summed E-state index contributed by atoms with van der Waals surface area (Å²) in [5.74, 6) is 1.87. The Morgan fingerprint density at radius 1 is 1.26 bits per heavy atom. The van der Waals surface area contributed by atoms with E-state index in [4.69, 9.17) is 9.47 Å². The minimum absolute atomic E-state index is 0.0995. The summed E-state index contributed by atoms with van der Waals surface area (Å²) in [7, 11) is 0. The van der Waals surface area contributed by atoms with Crippen molar-refractivity contribution in [2.75, 3.05) is 32.9 Å². The molecule has 2 saturated heterocycles. The monoisotopic (exact) mass is 366 g/mol. The lowest BCUT2D eigenvalue weighted by atomic mass is 9.91. The molecule has 1 saturated carbocycles. The van der Waals surface area contributed by atoms with Gasteiger partial charge in [0.25, 0.3) is 5.91 Å². The Bertz CT molecular complexity index is 835. The van der Waals surface area contributed by atoms with Crippen LogP contribution in [-0.4, -0.2) is 54.8 Å². The molecule has 27 heavy (non-hydrogen) atoms. The molecule has 1 aromatic carbocycles. The van der Waals surface area contributed by atoms with Gasteiger partial charge in [0.05, 0.1) is 18.2 Å². The van der Waals surface area contributed by atoms with E-state index in [2.05, 4.69) is 4.98 Å². The minimum atomic E-state index is 0.0995. The summed E-state index contributed by atoms with van der Waals surface area (Å²) in [6, 6.07) is 9.66. The van der Waals surface area contributed by atoms with Gasteiger partial charge in [-0.15, -0.1) is 0 Å². The van der Waals surface area contributed by atoms with E-state index >= 15 is 0 Å². The predicted molar refractivity (Wildman–Crippen MR) is 103 cm³/mol. The third-order valence-electron chi connectivity index (χ3n) is 6.26. The smallest absolute Gasteiger partial charge is 0.253 e. The van der Waals surface area contributed by atoms with E-state index in [1.807, 2.05) is 35.2 Å². The summed E-state index contributed by atoms with van der Waals surface area (Å²) in [5, 5.41) is 1.00. The molecule has 142 valence electrons. The van der Waals surface area contributed by atoms with Crippen LogP contribution in [0.4, 0.5) is 0 Å². The SMILES string of the molecule is O=C(c1ccc2ncccc2c1)N1C[C@H]2[C@@H](CCOCC3CC3)CO[C@H]2C1. The lowest BCUT2D eigenvalue weighted by Gasteiger charge is -2.20. The fourth-order valence-electron chi connectivity index (χ4n) is 4.42. The number of rotatable bonds is 6. The molecule has 0 radical (unpaired) electrons. The molecule has 3 aliphatic rings. The standard InChI is InChI=1S/C22H26N2O3/c25-22(17-5-6-20-16(10-17)2-1-8-23-20)24-11-19-18(14-27-21(19)12-24)7-9-26-13-15-3-4-15/h1-2,5-6,8,10,15,18-19,21H,3-4,7,9,11-14H2/t18-,19-,21-/m0/s1. The lowest BCUT2D eigenvalue weighted by molar-refractivity contribution is 0.0652. The van der Waals surface area contributed by atoms with E-state index in [0.29, 0.717) is 18.4 Å². The largest absolute Gasteiger partial charge is 0.381 e. The number of hydrogen-bond donors (Lipinski definition) is 0. The molecule has 5 heteroatoms. The van der Waals surface area contributed by atoms with E-state index < -0.39 is 0 Å². The zero-order valence-corrected chi connectivity index (χ0v) is 15.5. The zero-order chi connectivity index (χ0) is 18.2. The van der Waals surface area contributed by atoms with Crippen LogP contribution in [0.25, 0.3) is 10.9 Å². The Morgan fingerprint density at radius 2 is 2.19 bits per heavy atom. The molecule has 3 atom stereocenters. The molecular weight excluding hydrogens is 340 g/mol. The lowest BCUT2D eigenvalue weighted by Crippen LogP contribution is -2.31. The fraction of sp³-hybridized carbons (Fsp3) is 0.545. The number of carbonyl (C=O) groups is 1. The quantitative estimate of drug-likeness (QED) is 0.737. The molecule has 1 amide bonds. The molecule has 0 N–H and O–H groups in total. The highest BCUT2D eigenvalue weighted by molar-refractivity contribution is 5.98. The van der Waals surface area contributed by atoms with E-state index in [1.165, 1.54) is 12.8 Å². The second kappa shape index (κ2) is 7.21. The molecule has 2 aromatic rings. The van der Waals surface area contributed by atoms with Crippen molar-refractivity contribution >= 4 is 16.8 Å². The van der Waals surface area contributed by atoms with Crippen LogP contribution in [0.15, 0.2) is 36.5 Å². The van der Waals surface area contributed by atoms with Gasteiger partial charge in [-0.25, -0.2) is 0 Å². The summed E-state index contributed by atoms with van der Waals surface area (Å²) in [5.41, 5.74) is 1.65. The van der Waals surface area contributed by atoms with Gasteiger partial charge in [0, 0.05) is 49.4 Å². The number of amides is 1. The number of fused-ring (bicyclic) bond motifs is 2. The Labute approximate surface area is 159 Å². The van der Waals surface area contributed by atoms with Crippen molar-refractivity contribution in [3.8, 4) is 0 Å². The van der Waals surface area contributed by atoms with Crippen molar-refractivity contribution in [2.24, 2.45) is 17.8 Å². The topological polar surface area (TPSA) is 51.7 Å². The highest BCUT2D eigenvalue weighted by Gasteiger charge is 2.45. The zero-order valence-electron chi connectivity index (χ0n) is 15.5. The van der Waals surface area contributed by atoms with Gasteiger partial charge in [0.15, 0.2) is 0 Å². The Morgan fingerprint density at radius 3 is 3.07 bits per heavy atom. The highest BCUT2D eigenvalue weighted by Crippen LogP contribution is 2.36. The number of hydrogen-bond acceptors (Lipinski definition) is 4. The predicted octanol–water partition coefficient (Wildman–Crippen LogP) is 3.14.